The van der Waals surface area contributed by atoms with Crippen molar-refractivity contribution in [3.05, 3.63) is 95.6 Å². The van der Waals surface area contributed by atoms with Crippen LogP contribution in [0.3, 0.4) is 0 Å². The molecule has 0 saturated carbocycles. The Labute approximate surface area is 169 Å². The Balaban J connectivity index is 1.91. The zero-order valence-corrected chi connectivity index (χ0v) is 16.0. The minimum Gasteiger partial charge on any atom is -0.369 e. The molecule has 1 amide bonds. The molecule has 1 atom stereocenters. The minimum absolute atomic E-state index is 0.0850. The smallest absolute Gasteiger partial charge is 0.232 e. The summed E-state index contributed by atoms with van der Waals surface area (Å²) in [5, 5.41) is 9.22. The van der Waals surface area contributed by atoms with Crippen LogP contribution in [0.15, 0.2) is 83.9 Å². The van der Waals surface area contributed by atoms with E-state index in [-0.39, 0.29) is 18.3 Å². The summed E-state index contributed by atoms with van der Waals surface area (Å²) >= 11 is 0. The molecular weight excluding hydrogens is 360 g/mol. The third-order valence-corrected chi connectivity index (χ3v) is 5.35. The van der Waals surface area contributed by atoms with E-state index in [0.717, 1.165) is 22.3 Å². The lowest BCUT2D eigenvalue weighted by Crippen LogP contribution is -2.49. The normalized spacial score (nSPS) is 18.8. The topological polar surface area (TPSA) is 82.5 Å². The second-order valence-corrected chi connectivity index (χ2v) is 7.10. The molecule has 0 saturated heterocycles. The summed E-state index contributed by atoms with van der Waals surface area (Å²) in [7, 11) is 1.64. The van der Waals surface area contributed by atoms with Crippen LogP contribution in [0.25, 0.3) is 11.1 Å². The molecule has 29 heavy (non-hydrogen) atoms. The van der Waals surface area contributed by atoms with Gasteiger partial charge in [0.2, 0.25) is 5.91 Å². The van der Waals surface area contributed by atoms with E-state index in [9.17, 15) is 10.1 Å². The fraction of sp³-hybridized carbons (Fsp3) is 0.125. The summed E-state index contributed by atoms with van der Waals surface area (Å²) in [6, 6.07) is 27.3. The number of carbonyl (C=O) groups excluding carboxylic acids is 1. The minimum atomic E-state index is -0.891. The molecule has 0 aromatic heterocycles. The average molecular weight is 380 g/mol. The number of rotatable bonds is 3. The van der Waals surface area contributed by atoms with Crippen molar-refractivity contribution < 1.29 is 4.79 Å². The Morgan fingerprint density at radius 3 is 2.31 bits per heavy atom. The van der Waals surface area contributed by atoms with E-state index in [1.807, 2.05) is 72.8 Å². The van der Waals surface area contributed by atoms with E-state index < -0.39 is 5.54 Å². The van der Waals surface area contributed by atoms with E-state index >= 15 is 0 Å². The highest BCUT2D eigenvalue weighted by molar-refractivity contribution is 5.99. The molecule has 0 spiro atoms. The standard InChI is InChI=1S/C24H20N4O/c1-28-22(29)15-24(27-23(28)26,20-10-3-2-4-11-20)21-12-6-9-19(14-21)18-8-5-7-17(13-18)16-25/h2-14H,15H2,1H3,(H2,26,27)/t24-/m1/s1. The quantitative estimate of drug-likeness (QED) is 0.753. The first-order chi connectivity index (χ1) is 14.0. The second kappa shape index (κ2) is 7.25. The van der Waals surface area contributed by atoms with Crippen LogP contribution in [-0.2, 0) is 10.3 Å². The Hall–Kier alpha value is -3.91. The fourth-order valence-electron chi connectivity index (χ4n) is 3.71. The monoisotopic (exact) mass is 380 g/mol. The van der Waals surface area contributed by atoms with Gasteiger partial charge in [0, 0.05) is 7.05 Å². The van der Waals surface area contributed by atoms with Crippen molar-refractivity contribution in [1.82, 2.24) is 4.90 Å². The van der Waals surface area contributed by atoms with Crippen LogP contribution in [0.5, 0.6) is 0 Å². The number of guanidine groups is 1. The lowest BCUT2D eigenvalue weighted by Gasteiger charge is -2.37. The number of amides is 1. The number of benzene rings is 3. The molecule has 0 fully saturated rings. The van der Waals surface area contributed by atoms with Crippen LogP contribution in [0.4, 0.5) is 0 Å². The molecule has 1 aliphatic rings. The molecule has 5 nitrogen and oxygen atoms in total. The zero-order chi connectivity index (χ0) is 20.4. The Bertz CT molecular complexity index is 1150. The van der Waals surface area contributed by atoms with Gasteiger partial charge in [0.05, 0.1) is 18.1 Å². The van der Waals surface area contributed by atoms with Crippen molar-refractivity contribution >= 4 is 11.9 Å². The van der Waals surface area contributed by atoms with Crippen LogP contribution >= 0.6 is 0 Å². The van der Waals surface area contributed by atoms with Gasteiger partial charge in [0.25, 0.3) is 0 Å². The summed E-state index contributed by atoms with van der Waals surface area (Å²) in [5.41, 5.74) is 9.51. The molecule has 0 unspecified atom stereocenters. The van der Waals surface area contributed by atoms with Gasteiger partial charge in [-0.15, -0.1) is 0 Å². The highest BCUT2D eigenvalue weighted by Crippen LogP contribution is 2.41. The number of carbonyl (C=O) groups is 1. The summed E-state index contributed by atoms with van der Waals surface area (Å²) in [4.78, 5) is 18.9. The van der Waals surface area contributed by atoms with Crippen molar-refractivity contribution in [3.63, 3.8) is 0 Å². The molecule has 5 heteroatoms. The second-order valence-electron chi connectivity index (χ2n) is 7.10. The highest BCUT2D eigenvalue weighted by Gasteiger charge is 2.41. The van der Waals surface area contributed by atoms with Gasteiger partial charge < -0.3 is 5.73 Å². The van der Waals surface area contributed by atoms with Crippen molar-refractivity contribution in [1.29, 1.82) is 5.26 Å². The van der Waals surface area contributed by atoms with Crippen LogP contribution in [0.2, 0.25) is 0 Å². The van der Waals surface area contributed by atoms with Crippen LogP contribution in [0, 0.1) is 11.3 Å². The lowest BCUT2D eigenvalue weighted by atomic mass is 9.78. The van der Waals surface area contributed by atoms with Crippen LogP contribution < -0.4 is 5.73 Å². The van der Waals surface area contributed by atoms with Gasteiger partial charge in [0.1, 0.15) is 5.54 Å². The SMILES string of the molecule is CN1C(=O)C[C@@](c2ccccc2)(c2cccc(-c3cccc(C#N)c3)c2)N=C1N. The average Bonchev–Trinajstić information content (AvgIpc) is 2.78. The maximum Gasteiger partial charge on any atom is 0.232 e. The summed E-state index contributed by atoms with van der Waals surface area (Å²) in [6.07, 6.45) is 0.190. The summed E-state index contributed by atoms with van der Waals surface area (Å²) < 4.78 is 0. The predicted molar refractivity (Wildman–Crippen MR) is 113 cm³/mol. The Morgan fingerprint density at radius 2 is 1.62 bits per heavy atom. The number of nitriles is 1. The molecule has 0 aliphatic carbocycles. The van der Waals surface area contributed by atoms with Crippen molar-refractivity contribution in [3.8, 4) is 17.2 Å². The van der Waals surface area contributed by atoms with Gasteiger partial charge >= 0.3 is 0 Å². The lowest BCUT2D eigenvalue weighted by molar-refractivity contribution is -0.128. The predicted octanol–water partition coefficient (Wildman–Crippen LogP) is 3.65. The third kappa shape index (κ3) is 3.26. The van der Waals surface area contributed by atoms with E-state index in [1.54, 1.807) is 13.1 Å². The number of aliphatic imine (C=N–C) groups is 1. The van der Waals surface area contributed by atoms with Gasteiger partial charge in [0.15, 0.2) is 5.96 Å². The molecule has 0 bridgehead atoms. The summed E-state index contributed by atoms with van der Waals surface area (Å²) in [6.45, 7) is 0. The van der Waals surface area contributed by atoms with Crippen molar-refractivity contribution in [2.75, 3.05) is 7.05 Å². The van der Waals surface area contributed by atoms with Crippen LogP contribution in [0.1, 0.15) is 23.1 Å². The molecule has 4 rings (SSSR count). The molecule has 3 aromatic carbocycles. The molecule has 1 heterocycles. The van der Waals surface area contributed by atoms with Gasteiger partial charge in [-0.05, 0) is 40.5 Å². The van der Waals surface area contributed by atoms with Gasteiger partial charge in [-0.1, -0.05) is 60.7 Å². The fourth-order valence-corrected chi connectivity index (χ4v) is 3.71. The maximum absolute atomic E-state index is 12.7. The first-order valence-electron chi connectivity index (χ1n) is 9.32. The maximum atomic E-state index is 12.7. The molecule has 142 valence electrons. The van der Waals surface area contributed by atoms with Crippen LogP contribution in [-0.4, -0.2) is 23.8 Å². The van der Waals surface area contributed by atoms with Gasteiger partial charge in [-0.2, -0.15) is 5.26 Å². The first kappa shape index (κ1) is 18.5. The molecular formula is C24H20N4O. The Kier molecular flexibility index (Phi) is 4.61. The number of hydrogen-bond acceptors (Lipinski definition) is 4. The van der Waals surface area contributed by atoms with Crippen molar-refractivity contribution in [2.24, 2.45) is 10.7 Å². The summed E-state index contributed by atoms with van der Waals surface area (Å²) in [5.74, 6) is 0.111. The van der Waals surface area contributed by atoms with Gasteiger partial charge in [-0.25, -0.2) is 4.99 Å². The highest BCUT2D eigenvalue weighted by atomic mass is 16.2. The molecule has 0 radical (unpaired) electrons. The largest absolute Gasteiger partial charge is 0.369 e. The number of nitrogens with two attached hydrogens (primary N) is 1. The number of hydrogen-bond donors (Lipinski definition) is 1. The third-order valence-electron chi connectivity index (χ3n) is 5.35. The van der Waals surface area contributed by atoms with E-state index in [2.05, 4.69) is 6.07 Å². The van der Waals surface area contributed by atoms with E-state index in [0.29, 0.717) is 5.56 Å². The van der Waals surface area contributed by atoms with E-state index in [1.165, 1.54) is 4.90 Å². The molecule has 2 N–H and O–H groups in total. The van der Waals surface area contributed by atoms with Crippen molar-refractivity contribution in [2.45, 2.75) is 12.0 Å². The zero-order valence-electron chi connectivity index (χ0n) is 16.0. The molecule has 1 aliphatic heterocycles. The number of nitrogens with zero attached hydrogens (tertiary/aromatic N) is 3. The molecule has 3 aromatic rings. The Morgan fingerprint density at radius 1 is 0.966 bits per heavy atom. The van der Waals surface area contributed by atoms with E-state index in [4.69, 9.17) is 10.7 Å². The first-order valence-corrected chi connectivity index (χ1v) is 9.32. The van der Waals surface area contributed by atoms with Gasteiger partial charge in [-0.3, -0.25) is 9.69 Å².